The fraction of sp³-hybridized carbons (Fsp3) is 0.692. The zero-order chi connectivity index (χ0) is 16.1. The molecule has 21 heavy (non-hydrogen) atoms. The maximum Gasteiger partial charge on any atom is 0.451 e. The van der Waals surface area contributed by atoms with Crippen molar-refractivity contribution in [1.82, 2.24) is 9.97 Å². The largest absolute Gasteiger partial charge is 0.451 e. The van der Waals surface area contributed by atoms with Gasteiger partial charge in [0.1, 0.15) is 11.6 Å². The number of halogens is 3. The van der Waals surface area contributed by atoms with E-state index in [4.69, 9.17) is 10.5 Å². The molecule has 2 heterocycles. The Balaban J connectivity index is 2.39. The third kappa shape index (κ3) is 3.75. The van der Waals surface area contributed by atoms with Crippen LogP contribution in [-0.2, 0) is 10.9 Å². The zero-order valence-corrected chi connectivity index (χ0v) is 12.5. The van der Waals surface area contributed by atoms with Gasteiger partial charge < -0.3 is 15.4 Å². The molecular formula is C13H19F3N4O. The summed E-state index contributed by atoms with van der Waals surface area (Å²) in [7, 11) is 0. The molecule has 1 aliphatic heterocycles. The molecule has 1 aromatic rings. The summed E-state index contributed by atoms with van der Waals surface area (Å²) in [5.41, 5.74) is 4.49. The summed E-state index contributed by atoms with van der Waals surface area (Å²) in [5, 5.41) is 0. The molecule has 0 atom stereocenters. The maximum absolute atomic E-state index is 12.8. The van der Waals surface area contributed by atoms with E-state index < -0.39 is 23.2 Å². The second kappa shape index (κ2) is 4.72. The molecule has 0 aliphatic carbocycles. The van der Waals surface area contributed by atoms with Gasteiger partial charge in [0.15, 0.2) is 0 Å². The number of nitrogen functional groups attached to an aromatic ring is 1. The van der Waals surface area contributed by atoms with Crippen LogP contribution in [0.3, 0.4) is 0 Å². The van der Waals surface area contributed by atoms with Gasteiger partial charge in [0, 0.05) is 19.2 Å². The maximum atomic E-state index is 12.8. The number of nitrogens with zero attached hydrogens (tertiary/aromatic N) is 3. The number of rotatable bonds is 1. The van der Waals surface area contributed by atoms with Gasteiger partial charge >= 0.3 is 6.18 Å². The molecular weight excluding hydrogens is 285 g/mol. The highest BCUT2D eigenvalue weighted by molar-refractivity contribution is 5.48. The lowest BCUT2D eigenvalue weighted by molar-refractivity contribution is -0.145. The van der Waals surface area contributed by atoms with E-state index in [0.717, 1.165) is 0 Å². The van der Waals surface area contributed by atoms with Crippen molar-refractivity contribution in [2.45, 2.75) is 45.1 Å². The Labute approximate surface area is 121 Å². The van der Waals surface area contributed by atoms with Gasteiger partial charge in [0.25, 0.3) is 0 Å². The summed E-state index contributed by atoms with van der Waals surface area (Å²) in [6.45, 7) is 8.38. The standard InChI is InChI=1S/C13H19F3N4O/c1-11(2)6-20(7-12(3,4)21-11)9-5-8(17)18-10(19-9)13(14,15)16/h5H,6-7H2,1-4H3,(H2,17,18,19). The summed E-state index contributed by atoms with van der Waals surface area (Å²) < 4.78 is 44.3. The van der Waals surface area contributed by atoms with E-state index in [1.807, 2.05) is 27.7 Å². The van der Waals surface area contributed by atoms with Gasteiger partial charge in [-0.3, -0.25) is 0 Å². The van der Waals surface area contributed by atoms with E-state index in [1.165, 1.54) is 6.07 Å². The minimum absolute atomic E-state index is 0.166. The summed E-state index contributed by atoms with van der Waals surface area (Å²) in [6, 6.07) is 1.35. The van der Waals surface area contributed by atoms with Gasteiger partial charge in [0.2, 0.25) is 5.82 Å². The number of nitrogens with two attached hydrogens (primary N) is 1. The highest BCUT2D eigenvalue weighted by Crippen LogP contribution is 2.33. The molecule has 1 saturated heterocycles. The van der Waals surface area contributed by atoms with Gasteiger partial charge in [-0.15, -0.1) is 0 Å². The molecule has 1 aromatic heterocycles. The van der Waals surface area contributed by atoms with E-state index in [-0.39, 0.29) is 11.6 Å². The first-order valence-corrected chi connectivity index (χ1v) is 6.55. The van der Waals surface area contributed by atoms with Crippen LogP contribution in [-0.4, -0.2) is 34.3 Å². The molecule has 118 valence electrons. The molecule has 2 N–H and O–H groups in total. The van der Waals surface area contributed by atoms with Gasteiger partial charge in [-0.05, 0) is 27.7 Å². The third-order valence-electron chi connectivity index (χ3n) is 3.01. The lowest BCUT2D eigenvalue weighted by Crippen LogP contribution is -2.57. The summed E-state index contributed by atoms with van der Waals surface area (Å²) in [5.74, 6) is -1.26. The second-order valence-electron chi connectivity index (χ2n) is 6.45. The van der Waals surface area contributed by atoms with Gasteiger partial charge in [0.05, 0.1) is 11.2 Å². The molecule has 0 radical (unpaired) electrons. The lowest BCUT2D eigenvalue weighted by Gasteiger charge is -2.47. The van der Waals surface area contributed by atoms with Gasteiger partial charge in [-0.25, -0.2) is 9.97 Å². The first-order valence-electron chi connectivity index (χ1n) is 6.55. The SMILES string of the molecule is CC1(C)CN(c2cc(N)nc(C(F)(F)F)n2)CC(C)(C)O1. The highest BCUT2D eigenvalue weighted by Gasteiger charge is 2.40. The Morgan fingerprint density at radius 3 is 2.14 bits per heavy atom. The van der Waals surface area contributed by atoms with Crippen molar-refractivity contribution in [1.29, 1.82) is 0 Å². The van der Waals surface area contributed by atoms with Crippen LogP contribution < -0.4 is 10.6 Å². The van der Waals surface area contributed by atoms with Crippen molar-refractivity contribution in [2.24, 2.45) is 0 Å². The van der Waals surface area contributed by atoms with Gasteiger partial charge in [-0.2, -0.15) is 13.2 Å². The smallest absolute Gasteiger partial charge is 0.384 e. The monoisotopic (exact) mass is 304 g/mol. The molecule has 8 heteroatoms. The number of hydrogen-bond donors (Lipinski definition) is 1. The molecule has 1 aliphatic rings. The number of hydrogen-bond acceptors (Lipinski definition) is 5. The highest BCUT2D eigenvalue weighted by atomic mass is 19.4. The predicted molar refractivity (Wildman–Crippen MR) is 72.9 cm³/mol. The van der Waals surface area contributed by atoms with Crippen LogP contribution in [0.5, 0.6) is 0 Å². The summed E-state index contributed by atoms with van der Waals surface area (Å²) in [4.78, 5) is 8.62. The summed E-state index contributed by atoms with van der Waals surface area (Å²) >= 11 is 0. The topological polar surface area (TPSA) is 64.3 Å². The van der Waals surface area contributed by atoms with E-state index in [1.54, 1.807) is 4.90 Å². The first kappa shape index (κ1) is 15.8. The molecule has 2 rings (SSSR count). The van der Waals surface area contributed by atoms with Crippen molar-refractivity contribution >= 4 is 11.6 Å². The molecule has 0 spiro atoms. The fourth-order valence-corrected chi connectivity index (χ4v) is 2.69. The third-order valence-corrected chi connectivity index (χ3v) is 3.01. The van der Waals surface area contributed by atoms with Crippen LogP contribution in [0.2, 0.25) is 0 Å². The molecule has 1 fully saturated rings. The van der Waals surface area contributed by atoms with Crippen molar-refractivity contribution in [3.8, 4) is 0 Å². The zero-order valence-electron chi connectivity index (χ0n) is 12.5. The molecule has 0 unspecified atom stereocenters. The number of anilines is 2. The molecule has 0 amide bonds. The minimum Gasteiger partial charge on any atom is -0.384 e. The average molecular weight is 304 g/mol. The van der Waals surface area contributed by atoms with Crippen molar-refractivity contribution in [2.75, 3.05) is 23.7 Å². The second-order valence-corrected chi connectivity index (χ2v) is 6.45. The first-order chi connectivity index (χ1) is 9.38. The number of alkyl halides is 3. The Hall–Kier alpha value is -1.57. The van der Waals surface area contributed by atoms with Crippen molar-refractivity contribution in [3.05, 3.63) is 11.9 Å². The fourth-order valence-electron chi connectivity index (χ4n) is 2.69. The van der Waals surface area contributed by atoms with Crippen LogP contribution in [0.15, 0.2) is 6.07 Å². The number of aromatic nitrogens is 2. The average Bonchev–Trinajstić information content (AvgIpc) is 2.22. The quantitative estimate of drug-likeness (QED) is 0.863. The van der Waals surface area contributed by atoms with Crippen LogP contribution in [0, 0.1) is 0 Å². The number of ether oxygens (including phenoxy) is 1. The minimum atomic E-state index is -4.62. The lowest BCUT2D eigenvalue weighted by atomic mass is 9.99. The number of morpholine rings is 1. The van der Waals surface area contributed by atoms with Crippen LogP contribution in [0.4, 0.5) is 24.8 Å². The normalized spacial score (nSPS) is 21.4. The molecule has 0 bridgehead atoms. The van der Waals surface area contributed by atoms with Crippen LogP contribution in [0.25, 0.3) is 0 Å². The van der Waals surface area contributed by atoms with E-state index in [2.05, 4.69) is 9.97 Å². The molecule has 0 aromatic carbocycles. The Kier molecular flexibility index (Phi) is 3.56. The molecule has 5 nitrogen and oxygen atoms in total. The Bertz CT molecular complexity index is 527. The van der Waals surface area contributed by atoms with E-state index >= 15 is 0 Å². The van der Waals surface area contributed by atoms with Gasteiger partial charge in [-0.1, -0.05) is 0 Å². The summed E-state index contributed by atoms with van der Waals surface area (Å²) in [6.07, 6.45) is -4.62. The van der Waals surface area contributed by atoms with Crippen LogP contribution >= 0.6 is 0 Å². The molecule has 0 saturated carbocycles. The predicted octanol–water partition coefficient (Wildman–Crippen LogP) is 2.47. The van der Waals surface area contributed by atoms with E-state index in [9.17, 15) is 13.2 Å². The Morgan fingerprint density at radius 1 is 1.14 bits per heavy atom. The van der Waals surface area contributed by atoms with Crippen LogP contribution in [0.1, 0.15) is 33.5 Å². The van der Waals surface area contributed by atoms with Crippen molar-refractivity contribution in [3.63, 3.8) is 0 Å². The van der Waals surface area contributed by atoms with Crippen molar-refractivity contribution < 1.29 is 17.9 Å². The Morgan fingerprint density at radius 2 is 1.67 bits per heavy atom. The van der Waals surface area contributed by atoms with E-state index in [0.29, 0.717) is 13.1 Å².